The Labute approximate surface area is 169 Å². The Bertz CT molecular complexity index is 865. The van der Waals surface area contributed by atoms with Crippen LogP contribution in [0.15, 0.2) is 30.3 Å². The van der Waals surface area contributed by atoms with Crippen molar-refractivity contribution in [2.75, 3.05) is 13.1 Å². The van der Waals surface area contributed by atoms with Crippen molar-refractivity contribution in [2.24, 2.45) is 5.92 Å². The molecule has 2 aromatic rings. The van der Waals surface area contributed by atoms with Gasteiger partial charge in [0, 0.05) is 31.7 Å². The molecular weight excluding hydrogens is 376 g/mol. The van der Waals surface area contributed by atoms with Gasteiger partial charge in [0.25, 0.3) is 5.91 Å². The number of nitrogens with one attached hydrogen (secondary N) is 2. The van der Waals surface area contributed by atoms with Gasteiger partial charge in [-0.05, 0) is 61.4 Å². The number of rotatable bonds is 7. The fraction of sp³-hybridized carbons (Fsp3) is 0.455. The van der Waals surface area contributed by atoms with Crippen LogP contribution in [0.2, 0.25) is 0 Å². The van der Waals surface area contributed by atoms with Gasteiger partial charge in [0.15, 0.2) is 11.6 Å². The predicted octanol–water partition coefficient (Wildman–Crippen LogP) is 3.80. The first-order valence-corrected chi connectivity index (χ1v) is 10.1. The van der Waals surface area contributed by atoms with E-state index in [1.54, 1.807) is 0 Å². The second-order valence-electron chi connectivity index (χ2n) is 7.57. The Morgan fingerprint density at radius 2 is 2.03 bits per heavy atom. The van der Waals surface area contributed by atoms with Crippen LogP contribution in [0.4, 0.5) is 8.78 Å². The van der Waals surface area contributed by atoms with Crippen LogP contribution in [0.5, 0.6) is 0 Å². The number of carbonyl (C=O) groups is 2. The molecule has 0 bridgehead atoms. The van der Waals surface area contributed by atoms with E-state index < -0.39 is 11.6 Å². The van der Waals surface area contributed by atoms with Crippen molar-refractivity contribution in [3.63, 3.8) is 0 Å². The number of halogens is 2. The number of aryl methyl sites for hydroxylation is 1. The van der Waals surface area contributed by atoms with Crippen LogP contribution in [0.1, 0.15) is 54.4 Å². The highest BCUT2D eigenvalue weighted by Crippen LogP contribution is 2.22. The molecule has 5 nitrogen and oxygen atoms in total. The predicted molar refractivity (Wildman–Crippen MR) is 106 cm³/mol. The van der Waals surface area contributed by atoms with E-state index in [4.69, 9.17) is 0 Å². The van der Waals surface area contributed by atoms with Gasteiger partial charge in [-0.1, -0.05) is 13.0 Å². The van der Waals surface area contributed by atoms with Crippen LogP contribution >= 0.6 is 0 Å². The smallest absolute Gasteiger partial charge is 0.270 e. The fourth-order valence-electron chi connectivity index (χ4n) is 3.70. The average molecular weight is 403 g/mol. The topological polar surface area (TPSA) is 65.2 Å². The SMILES string of the molecule is CCc1ccc(C(=O)N2CCC[C@H](CCC(=O)NCc3ccc(F)c(F)c3)C2)[nH]1. The molecule has 2 heterocycles. The zero-order valence-corrected chi connectivity index (χ0v) is 16.6. The summed E-state index contributed by atoms with van der Waals surface area (Å²) in [7, 11) is 0. The van der Waals surface area contributed by atoms with Crippen LogP contribution in [0.3, 0.4) is 0 Å². The molecule has 156 valence electrons. The molecule has 1 atom stereocenters. The minimum Gasteiger partial charge on any atom is -0.354 e. The summed E-state index contributed by atoms with van der Waals surface area (Å²) in [5.41, 5.74) is 2.18. The second-order valence-corrected chi connectivity index (χ2v) is 7.57. The molecule has 1 aliphatic heterocycles. The van der Waals surface area contributed by atoms with E-state index in [0.717, 1.165) is 43.6 Å². The lowest BCUT2D eigenvalue weighted by Gasteiger charge is -2.32. The summed E-state index contributed by atoms with van der Waals surface area (Å²) in [6, 6.07) is 7.36. The van der Waals surface area contributed by atoms with Crippen molar-refractivity contribution in [1.29, 1.82) is 0 Å². The number of carbonyl (C=O) groups excluding carboxylic acids is 2. The maximum Gasteiger partial charge on any atom is 0.270 e. The Morgan fingerprint density at radius 3 is 2.76 bits per heavy atom. The minimum absolute atomic E-state index is 0.0113. The van der Waals surface area contributed by atoms with E-state index in [-0.39, 0.29) is 24.3 Å². The van der Waals surface area contributed by atoms with Gasteiger partial charge in [-0.3, -0.25) is 9.59 Å². The van der Waals surface area contributed by atoms with Gasteiger partial charge in [-0.2, -0.15) is 0 Å². The summed E-state index contributed by atoms with van der Waals surface area (Å²) in [6.07, 6.45) is 3.81. The third kappa shape index (κ3) is 5.65. The first-order chi connectivity index (χ1) is 14.0. The molecule has 0 saturated carbocycles. The molecular formula is C22H27F2N3O2. The van der Waals surface area contributed by atoms with Gasteiger partial charge in [-0.25, -0.2) is 8.78 Å². The lowest BCUT2D eigenvalue weighted by molar-refractivity contribution is -0.121. The van der Waals surface area contributed by atoms with Gasteiger partial charge in [-0.15, -0.1) is 0 Å². The largest absolute Gasteiger partial charge is 0.354 e. The van der Waals surface area contributed by atoms with E-state index >= 15 is 0 Å². The quantitative estimate of drug-likeness (QED) is 0.739. The van der Waals surface area contributed by atoms with Crippen LogP contribution in [0.25, 0.3) is 0 Å². The third-order valence-corrected chi connectivity index (χ3v) is 5.42. The van der Waals surface area contributed by atoms with Crippen LogP contribution in [-0.4, -0.2) is 34.8 Å². The van der Waals surface area contributed by atoms with Crippen molar-refractivity contribution >= 4 is 11.8 Å². The van der Waals surface area contributed by atoms with Crippen molar-refractivity contribution in [3.8, 4) is 0 Å². The molecule has 0 spiro atoms. The molecule has 0 radical (unpaired) electrons. The number of piperidine rings is 1. The number of aromatic amines is 1. The van der Waals surface area contributed by atoms with Crippen LogP contribution in [0, 0.1) is 17.6 Å². The van der Waals surface area contributed by atoms with Crippen LogP contribution < -0.4 is 5.32 Å². The summed E-state index contributed by atoms with van der Waals surface area (Å²) < 4.78 is 26.2. The van der Waals surface area contributed by atoms with Crippen molar-refractivity contribution in [3.05, 3.63) is 58.9 Å². The molecule has 2 N–H and O–H groups in total. The number of hydrogen-bond donors (Lipinski definition) is 2. The zero-order valence-electron chi connectivity index (χ0n) is 16.6. The van der Waals surface area contributed by atoms with Crippen LogP contribution in [-0.2, 0) is 17.8 Å². The van der Waals surface area contributed by atoms with E-state index in [0.29, 0.717) is 30.6 Å². The van der Waals surface area contributed by atoms with Gasteiger partial charge in [0.05, 0.1) is 0 Å². The normalized spacial score (nSPS) is 16.7. The molecule has 2 amide bonds. The third-order valence-electron chi connectivity index (χ3n) is 5.42. The number of amides is 2. The maximum atomic E-state index is 13.2. The first kappa shape index (κ1) is 21.0. The Kier molecular flexibility index (Phi) is 7.01. The molecule has 1 aromatic carbocycles. The minimum atomic E-state index is -0.920. The van der Waals surface area contributed by atoms with Gasteiger partial charge in [0.2, 0.25) is 5.91 Å². The molecule has 1 saturated heterocycles. The van der Waals surface area contributed by atoms with E-state index in [9.17, 15) is 18.4 Å². The number of likely N-dealkylation sites (tertiary alicyclic amines) is 1. The standard InChI is InChI=1S/C22H27F2N3O2/c1-2-17-7-9-20(26-17)22(29)27-11-3-4-15(14-27)6-10-21(28)25-13-16-5-8-18(23)19(24)12-16/h5,7-9,12,15,26H,2-4,6,10-11,13-14H2,1H3,(H,25,28)/t15-/m1/s1. The Balaban J connectivity index is 1.44. The Morgan fingerprint density at radius 1 is 1.21 bits per heavy atom. The molecule has 7 heteroatoms. The van der Waals surface area contributed by atoms with E-state index in [1.165, 1.54) is 6.07 Å². The highest BCUT2D eigenvalue weighted by molar-refractivity contribution is 5.92. The maximum absolute atomic E-state index is 13.2. The zero-order chi connectivity index (χ0) is 20.8. The van der Waals surface area contributed by atoms with E-state index in [2.05, 4.69) is 10.3 Å². The molecule has 1 aromatic heterocycles. The number of benzene rings is 1. The Hall–Kier alpha value is -2.70. The van der Waals surface area contributed by atoms with Gasteiger partial charge < -0.3 is 15.2 Å². The molecule has 0 unspecified atom stereocenters. The van der Waals surface area contributed by atoms with Crippen molar-refractivity contribution in [1.82, 2.24) is 15.2 Å². The van der Waals surface area contributed by atoms with E-state index in [1.807, 2.05) is 24.0 Å². The summed E-state index contributed by atoms with van der Waals surface area (Å²) in [6.45, 7) is 3.58. The van der Waals surface area contributed by atoms with Crippen molar-refractivity contribution in [2.45, 2.75) is 45.6 Å². The molecule has 1 aliphatic rings. The summed E-state index contributed by atoms with van der Waals surface area (Å²) in [5, 5.41) is 2.74. The lowest BCUT2D eigenvalue weighted by Crippen LogP contribution is -2.40. The second kappa shape index (κ2) is 9.67. The number of nitrogens with zero attached hydrogens (tertiary/aromatic N) is 1. The number of H-pyrrole nitrogens is 1. The lowest BCUT2D eigenvalue weighted by atomic mass is 9.93. The molecule has 1 fully saturated rings. The molecule has 29 heavy (non-hydrogen) atoms. The van der Waals surface area contributed by atoms with Gasteiger partial charge in [0.1, 0.15) is 5.69 Å². The summed E-state index contributed by atoms with van der Waals surface area (Å²) in [5.74, 6) is -1.66. The van der Waals surface area contributed by atoms with Gasteiger partial charge >= 0.3 is 0 Å². The van der Waals surface area contributed by atoms with Crippen molar-refractivity contribution < 1.29 is 18.4 Å². The summed E-state index contributed by atoms with van der Waals surface area (Å²) >= 11 is 0. The summed E-state index contributed by atoms with van der Waals surface area (Å²) in [4.78, 5) is 29.8. The average Bonchev–Trinajstić information content (AvgIpc) is 3.22. The fourth-order valence-corrected chi connectivity index (χ4v) is 3.70. The number of aromatic nitrogens is 1. The highest BCUT2D eigenvalue weighted by Gasteiger charge is 2.25. The number of hydrogen-bond acceptors (Lipinski definition) is 2. The highest BCUT2D eigenvalue weighted by atomic mass is 19.2. The molecule has 0 aliphatic carbocycles. The monoisotopic (exact) mass is 403 g/mol. The first-order valence-electron chi connectivity index (χ1n) is 10.1. The molecule has 3 rings (SSSR count).